The Morgan fingerprint density at radius 2 is 1.94 bits per heavy atom. The molecule has 17 heavy (non-hydrogen) atoms. The molecule has 84 valence electrons. The second-order valence-corrected chi connectivity index (χ2v) is 4.14. The Bertz CT molecular complexity index is 607. The molecule has 1 aromatic carbocycles. The summed E-state index contributed by atoms with van der Waals surface area (Å²) in [5.74, 6) is -0.552. The lowest BCUT2D eigenvalue weighted by atomic mass is 10.0. The van der Waals surface area contributed by atoms with E-state index in [1.54, 1.807) is 12.3 Å². The van der Waals surface area contributed by atoms with Gasteiger partial charge in [-0.2, -0.15) is 0 Å². The number of rotatable bonds is 0. The summed E-state index contributed by atoms with van der Waals surface area (Å²) in [6, 6.07) is 8.12. The molecule has 3 rings (SSSR count). The van der Waals surface area contributed by atoms with Gasteiger partial charge in [0.2, 0.25) is 5.78 Å². The Hall–Kier alpha value is -2.03. The average Bonchev–Trinajstić information content (AvgIpc) is 2.49. The van der Waals surface area contributed by atoms with E-state index in [0.717, 1.165) is 24.0 Å². The van der Waals surface area contributed by atoms with Gasteiger partial charge in [-0.05, 0) is 42.2 Å². The Balaban J connectivity index is 2.22. The summed E-state index contributed by atoms with van der Waals surface area (Å²) >= 11 is 0. The Morgan fingerprint density at radius 3 is 2.82 bits per heavy atom. The molecular weight excluding hydrogens is 217 g/mol. The number of ketones is 1. The Kier molecular flexibility index (Phi) is 2.25. The summed E-state index contributed by atoms with van der Waals surface area (Å²) in [6.07, 6.45) is 3.12. The number of carbonyl (C=O) groups excluding carboxylic acids is 1. The van der Waals surface area contributed by atoms with Gasteiger partial charge >= 0.3 is 0 Å². The first-order valence-corrected chi connectivity index (χ1v) is 5.53. The van der Waals surface area contributed by atoms with Gasteiger partial charge in [-0.15, -0.1) is 0 Å². The van der Waals surface area contributed by atoms with Crippen LogP contribution in [-0.2, 0) is 12.8 Å². The van der Waals surface area contributed by atoms with Crippen molar-refractivity contribution in [3.8, 4) is 0 Å². The van der Waals surface area contributed by atoms with E-state index in [1.165, 1.54) is 12.1 Å². The summed E-state index contributed by atoms with van der Waals surface area (Å²) in [7, 11) is 0. The predicted molar refractivity (Wildman–Crippen MR) is 61.5 cm³/mol. The molecule has 1 aromatic heterocycles. The van der Waals surface area contributed by atoms with Crippen molar-refractivity contribution in [3.05, 3.63) is 64.7 Å². The van der Waals surface area contributed by atoms with E-state index in [9.17, 15) is 9.18 Å². The van der Waals surface area contributed by atoms with E-state index in [2.05, 4.69) is 4.98 Å². The van der Waals surface area contributed by atoms with Crippen LogP contribution >= 0.6 is 0 Å². The predicted octanol–water partition coefficient (Wildman–Crippen LogP) is 2.55. The third-order valence-electron chi connectivity index (χ3n) is 3.09. The van der Waals surface area contributed by atoms with Crippen molar-refractivity contribution in [2.24, 2.45) is 0 Å². The van der Waals surface area contributed by atoms with Crippen LogP contribution in [0.1, 0.15) is 27.2 Å². The van der Waals surface area contributed by atoms with Crippen LogP contribution in [-0.4, -0.2) is 10.8 Å². The van der Waals surface area contributed by atoms with Crippen LogP contribution in [0.2, 0.25) is 0 Å². The molecule has 0 spiro atoms. The summed E-state index contributed by atoms with van der Waals surface area (Å²) in [5.41, 5.74) is 2.74. The minimum atomic E-state index is -0.378. The molecule has 0 radical (unpaired) electrons. The van der Waals surface area contributed by atoms with Crippen LogP contribution < -0.4 is 0 Å². The van der Waals surface area contributed by atoms with Crippen molar-refractivity contribution in [1.82, 2.24) is 4.98 Å². The lowest BCUT2D eigenvalue weighted by molar-refractivity contribution is 0.103. The van der Waals surface area contributed by atoms with Crippen molar-refractivity contribution in [1.29, 1.82) is 0 Å². The van der Waals surface area contributed by atoms with E-state index in [-0.39, 0.29) is 11.6 Å². The van der Waals surface area contributed by atoms with Crippen molar-refractivity contribution in [2.45, 2.75) is 12.8 Å². The van der Waals surface area contributed by atoms with E-state index >= 15 is 0 Å². The number of pyridine rings is 1. The van der Waals surface area contributed by atoms with Gasteiger partial charge in [0.25, 0.3) is 0 Å². The first kappa shape index (κ1) is 10.1. The van der Waals surface area contributed by atoms with Crippen LogP contribution in [0.25, 0.3) is 0 Å². The zero-order valence-corrected chi connectivity index (χ0v) is 9.11. The highest BCUT2D eigenvalue weighted by Gasteiger charge is 2.22. The molecule has 2 aromatic rings. The average molecular weight is 227 g/mol. The van der Waals surface area contributed by atoms with Crippen molar-refractivity contribution in [3.63, 3.8) is 0 Å². The molecule has 3 heteroatoms. The number of fused-ring (bicyclic) bond motifs is 2. The Morgan fingerprint density at radius 1 is 1.12 bits per heavy atom. The van der Waals surface area contributed by atoms with Gasteiger partial charge in [-0.3, -0.25) is 9.78 Å². The highest BCUT2D eigenvalue weighted by atomic mass is 19.1. The molecule has 0 fully saturated rings. The first-order chi connectivity index (χ1) is 8.25. The smallest absolute Gasteiger partial charge is 0.211 e. The molecule has 1 heterocycles. The van der Waals surface area contributed by atoms with E-state index < -0.39 is 0 Å². The topological polar surface area (TPSA) is 30.0 Å². The monoisotopic (exact) mass is 227 g/mol. The third kappa shape index (κ3) is 1.64. The maximum atomic E-state index is 13.2. The van der Waals surface area contributed by atoms with E-state index in [0.29, 0.717) is 11.3 Å². The molecule has 0 bridgehead atoms. The summed E-state index contributed by atoms with van der Waals surface area (Å²) in [5, 5.41) is 0. The molecule has 1 aliphatic carbocycles. The SMILES string of the molecule is O=C1c2cc(F)ccc2CCc2cccnc21. The molecule has 0 amide bonds. The van der Waals surface area contributed by atoms with Crippen LogP contribution in [0.4, 0.5) is 4.39 Å². The fraction of sp³-hybridized carbons (Fsp3) is 0.143. The van der Waals surface area contributed by atoms with Crippen LogP contribution in [0.5, 0.6) is 0 Å². The largest absolute Gasteiger partial charge is 0.287 e. The van der Waals surface area contributed by atoms with Gasteiger partial charge in [0.1, 0.15) is 11.5 Å². The van der Waals surface area contributed by atoms with Gasteiger partial charge in [-0.25, -0.2) is 4.39 Å². The minimum Gasteiger partial charge on any atom is -0.287 e. The van der Waals surface area contributed by atoms with Gasteiger partial charge in [0.15, 0.2) is 0 Å². The van der Waals surface area contributed by atoms with Gasteiger partial charge in [0.05, 0.1) is 0 Å². The number of halogens is 1. The van der Waals surface area contributed by atoms with E-state index in [4.69, 9.17) is 0 Å². The standard InChI is InChI=1S/C14H10FNO/c15-11-6-5-9-3-4-10-2-1-7-16-13(10)14(17)12(9)8-11/h1-2,5-8H,3-4H2. The van der Waals surface area contributed by atoms with Crippen LogP contribution in [0.3, 0.4) is 0 Å². The fourth-order valence-electron chi connectivity index (χ4n) is 2.22. The van der Waals surface area contributed by atoms with Crippen LogP contribution in [0, 0.1) is 5.82 Å². The summed E-state index contributed by atoms with van der Waals surface area (Å²) in [4.78, 5) is 16.4. The van der Waals surface area contributed by atoms with E-state index in [1.807, 2.05) is 12.1 Å². The molecule has 0 saturated carbocycles. The highest BCUT2D eigenvalue weighted by Crippen LogP contribution is 2.23. The van der Waals surface area contributed by atoms with Crippen molar-refractivity contribution >= 4 is 5.78 Å². The number of carbonyl (C=O) groups is 1. The number of hydrogen-bond acceptors (Lipinski definition) is 2. The molecule has 0 saturated heterocycles. The Labute approximate surface area is 98.1 Å². The molecule has 1 aliphatic rings. The zero-order valence-electron chi connectivity index (χ0n) is 9.11. The van der Waals surface area contributed by atoms with Gasteiger partial charge in [0, 0.05) is 11.8 Å². The summed E-state index contributed by atoms with van der Waals surface area (Å²) in [6.45, 7) is 0. The molecule has 0 unspecified atom stereocenters. The van der Waals surface area contributed by atoms with Gasteiger partial charge < -0.3 is 0 Å². The molecule has 0 atom stereocenters. The lowest BCUT2D eigenvalue weighted by Crippen LogP contribution is -2.06. The van der Waals surface area contributed by atoms with Crippen molar-refractivity contribution < 1.29 is 9.18 Å². The maximum absolute atomic E-state index is 13.2. The minimum absolute atomic E-state index is 0.174. The molecule has 0 N–H and O–H groups in total. The quantitative estimate of drug-likeness (QED) is 0.692. The van der Waals surface area contributed by atoms with Crippen LogP contribution in [0.15, 0.2) is 36.5 Å². The first-order valence-electron chi connectivity index (χ1n) is 5.53. The van der Waals surface area contributed by atoms with Crippen molar-refractivity contribution in [2.75, 3.05) is 0 Å². The maximum Gasteiger partial charge on any atom is 0.211 e. The number of nitrogens with zero attached hydrogens (tertiary/aromatic N) is 1. The fourth-order valence-corrected chi connectivity index (χ4v) is 2.22. The number of aryl methyl sites for hydroxylation is 2. The number of aromatic nitrogens is 1. The highest BCUT2D eigenvalue weighted by molar-refractivity contribution is 6.10. The zero-order chi connectivity index (χ0) is 11.8. The second kappa shape index (κ2) is 3.77. The molecular formula is C14H10FNO. The normalized spacial score (nSPS) is 13.8. The summed E-state index contributed by atoms with van der Waals surface area (Å²) < 4.78 is 13.2. The molecule has 0 aliphatic heterocycles. The second-order valence-electron chi connectivity index (χ2n) is 4.14. The molecule has 2 nitrogen and oxygen atoms in total. The number of benzene rings is 1. The van der Waals surface area contributed by atoms with Gasteiger partial charge in [-0.1, -0.05) is 12.1 Å². The third-order valence-corrected chi connectivity index (χ3v) is 3.09. The lowest BCUT2D eigenvalue weighted by Gasteiger charge is -2.03. The number of hydrogen-bond donors (Lipinski definition) is 0.